The van der Waals surface area contributed by atoms with Gasteiger partial charge in [-0.2, -0.15) is 0 Å². The Balaban J connectivity index is 5.00. The van der Waals surface area contributed by atoms with Crippen LogP contribution in [0.2, 0.25) is 0 Å². The molecule has 0 unspecified atom stereocenters. The first-order chi connectivity index (χ1) is 6.34. The van der Waals surface area contributed by atoms with Gasteiger partial charge in [0, 0.05) is 0 Å². The minimum Gasteiger partial charge on any atom is -0.475 e. The van der Waals surface area contributed by atoms with E-state index in [-0.39, 0.29) is 18.6 Å². The molecule has 76 valence electrons. The van der Waals surface area contributed by atoms with Crippen LogP contribution >= 0.6 is 0 Å². The fourth-order valence-corrected chi connectivity index (χ4v) is 1.25. The first kappa shape index (κ1) is 12.4. The van der Waals surface area contributed by atoms with Gasteiger partial charge in [-0.1, -0.05) is 12.2 Å². The van der Waals surface area contributed by atoms with Gasteiger partial charge < -0.3 is 5.11 Å². The molecule has 1 N–H and O–H groups in total. The molecule has 0 heterocycles. The fourth-order valence-electron chi connectivity index (χ4n) is 1.25. The van der Waals surface area contributed by atoms with E-state index in [4.69, 9.17) is 11.7 Å². The summed E-state index contributed by atoms with van der Waals surface area (Å²) in [7, 11) is 0. The summed E-state index contributed by atoms with van der Waals surface area (Å²) in [6, 6.07) is 0. The van der Waals surface area contributed by atoms with Gasteiger partial charge in [0.05, 0.1) is 12.8 Å². The number of carbonyl (C=O) groups excluding carboxylic acids is 1. The van der Waals surface area contributed by atoms with E-state index in [1.165, 1.54) is 6.92 Å². The number of carbonyl (C=O) groups is 2. The lowest BCUT2D eigenvalue weighted by molar-refractivity contribution is -0.143. The molecule has 0 saturated heterocycles. The van der Waals surface area contributed by atoms with Crippen molar-refractivity contribution in [1.29, 1.82) is 0 Å². The lowest BCUT2D eigenvalue weighted by atomic mass is 9.88. The second kappa shape index (κ2) is 4.56. The van der Waals surface area contributed by atoms with Gasteiger partial charge in [0.1, 0.15) is 5.78 Å². The molecule has 0 radical (unpaired) electrons. The number of hydrogen-bond donors (Lipinski definition) is 1. The Hall–Kier alpha value is -1.63. The number of carboxylic acids is 1. The highest BCUT2D eigenvalue weighted by atomic mass is 16.4. The van der Waals surface area contributed by atoms with Crippen molar-refractivity contribution in [1.82, 2.24) is 0 Å². The Labute approximate surface area is 83.1 Å². The summed E-state index contributed by atoms with van der Waals surface area (Å²) in [5.74, 6) is -1.56. The van der Waals surface area contributed by atoms with E-state index in [0.717, 1.165) is 0 Å². The van der Waals surface area contributed by atoms with Crippen LogP contribution in [0.15, 0.2) is 12.2 Å². The maximum Gasteiger partial charge on any atom is 0.391 e. The van der Waals surface area contributed by atoms with Crippen LogP contribution in [0.3, 0.4) is 0 Å². The third-order valence-corrected chi connectivity index (χ3v) is 1.75. The standard InChI is InChI=1S/C10H13NO3/c1-7(2)5-10(11-4,9(13)14)6-8(3)12/h1,5-6H2,2-3H3,(H,13,14)/t10-/m1/s1. The summed E-state index contributed by atoms with van der Waals surface area (Å²) in [6.07, 6.45) is -0.246. The summed E-state index contributed by atoms with van der Waals surface area (Å²) in [6.45, 7) is 13.4. The van der Waals surface area contributed by atoms with E-state index in [1.54, 1.807) is 6.92 Å². The molecule has 0 aromatic heterocycles. The molecule has 0 aliphatic rings. The molecular weight excluding hydrogens is 182 g/mol. The Morgan fingerprint density at radius 1 is 1.43 bits per heavy atom. The van der Waals surface area contributed by atoms with E-state index < -0.39 is 11.5 Å². The van der Waals surface area contributed by atoms with Crippen LogP contribution in [0, 0.1) is 6.57 Å². The minimum absolute atomic E-state index is 0.0193. The van der Waals surface area contributed by atoms with Crippen LogP contribution in [0.4, 0.5) is 0 Å². The summed E-state index contributed by atoms with van der Waals surface area (Å²) >= 11 is 0. The van der Waals surface area contributed by atoms with Crippen molar-refractivity contribution in [2.75, 3.05) is 0 Å². The molecule has 0 rings (SSSR count). The van der Waals surface area contributed by atoms with Crippen molar-refractivity contribution in [3.05, 3.63) is 23.6 Å². The van der Waals surface area contributed by atoms with Gasteiger partial charge in [0.2, 0.25) is 0 Å². The Morgan fingerprint density at radius 2 is 1.93 bits per heavy atom. The van der Waals surface area contributed by atoms with Gasteiger partial charge in [-0.3, -0.25) is 9.64 Å². The zero-order valence-electron chi connectivity index (χ0n) is 8.33. The molecular formula is C10H13NO3. The van der Waals surface area contributed by atoms with Gasteiger partial charge in [0.25, 0.3) is 0 Å². The van der Waals surface area contributed by atoms with Gasteiger partial charge in [-0.05, 0) is 13.8 Å². The third-order valence-electron chi connectivity index (χ3n) is 1.75. The summed E-state index contributed by atoms with van der Waals surface area (Å²) < 4.78 is 0. The van der Waals surface area contributed by atoms with Crippen LogP contribution in [-0.4, -0.2) is 22.4 Å². The van der Waals surface area contributed by atoms with E-state index in [2.05, 4.69) is 11.4 Å². The maximum absolute atomic E-state index is 10.9. The normalized spacial score (nSPS) is 13.8. The minimum atomic E-state index is -1.66. The second-order valence-electron chi connectivity index (χ2n) is 3.46. The van der Waals surface area contributed by atoms with Crippen LogP contribution < -0.4 is 0 Å². The van der Waals surface area contributed by atoms with Crippen LogP contribution in [-0.2, 0) is 9.59 Å². The van der Waals surface area contributed by atoms with E-state index >= 15 is 0 Å². The molecule has 0 spiro atoms. The number of rotatable bonds is 5. The monoisotopic (exact) mass is 195 g/mol. The number of nitrogens with zero attached hydrogens (tertiary/aromatic N) is 1. The van der Waals surface area contributed by atoms with Gasteiger partial charge in [0.15, 0.2) is 0 Å². The van der Waals surface area contributed by atoms with Crippen LogP contribution in [0.25, 0.3) is 4.85 Å². The third kappa shape index (κ3) is 3.02. The van der Waals surface area contributed by atoms with Gasteiger partial charge in [-0.25, -0.2) is 11.4 Å². The summed E-state index contributed by atoms with van der Waals surface area (Å²) in [5, 5.41) is 8.91. The molecule has 4 nitrogen and oxygen atoms in total. The van der Waals surface area contributed by atoms with E-state index in [0.29, 0.717) is 5.57 Å². The number of hydrogen-bond acceptors (Lipinski definition) is 2. The van der Waals surface area contributed by atoms with Crippen molar-refractivity contribution in [3.8, 4) is 0 Å². The number of ketones is 1. The fraction of sp³-hybridized carbons (Fsp3) is 0.500. The number of carboxylic acid groups (broad SMARTS) is 1. The molecule has 0 aromatic carbocycles. The molecule has 0 amide bonds. The number of Topliss-reactive ketones (excluding diaryl/α,β-unsaturated/α-hetero) is 1. The van der Waals surface area contributed by atoms with Gasteiger partial charge >= 0.3 is 11.5 Å². The molecule has 0 aliphatic carbocycles. The highest BCUT2D eigenvalue weighted by molar-refractivity contribution is 5.89. The first-order valence-corrected chi connectivity index (χ1v) is 4.10. The van der Waals surface area contributed by atoms with Crippen molar-refractivity contribution in [2.24, 2.45) is 0 Å². The molecule has 14 heavy (non-hydrogen) atoms. The van der Waals surface area contributed by atoms with E-state index in [9.17, 15) is 9.59 Å². The van der Waals surface area contributed by atoms with Crippen LogP contribution in [0.5, 0.6) is 0 Å². The molecule has 0 saturated carbocycles. The predicted octanol–water partition coefficient (Wildman–Crippen LogP) is 1.67. The topological polar surface area (TPSA) is 58.7 Å². The quantitative estimate of drug-likeness (QED) is 0.536. The zero-order valence-corrected chi connectivity index (χ0v) is 8.33. The summed E-state index contributed by atoms with van der Waals surface area (Å²) in [5.41, 5.74) is -1.07. The second-order valence-corrected chi connectivity index (χ2v) is 3.46. The highest BCUT2D eigenvalue weighted by Gasteiger charge is 2.46. The molecule has 1 atom stereocenters. The molecule has 4 heteroatoms. The molecule has 0 aliphatic heterocycles. The smallest absolute Gasteiger partial charge is 0.391 e. The Bertz CT molecular complexity index is 296. The maximum atomic E-state index is 10.9. The van der Waals surface area contributed by atoms with Crippen molar-refractivity contribution in [2.45, 2.75) is 32.2 Å². The van der Waals surface area contributed by atoms with Crippen molar-refractivity contribution >= 4 is 11.8 Å². The Morgan fingerprint density at radius 3 is 2.14 bits per heavy atom. The first-order valence-electron chi connectivity index (χ1n) is 4.10. The lowest BCUT2D eigenvalue weighted by Gasteiger charge is -2.15. The molecule has 0 bridgehead atoms. The molecule has 0 fully saturated rings. The average Bonchev–Trinajstić information content (AvgIpc) is 2.00. The largest absolute Gasteiger partial charge is 0.475 e. The van der Waals surface area contributed by atoms with E-state index in [1.807, 2.05) is 0 Å². The Kier molecular flexibility index (Phi) is 4.03. The summed E-state index contributed by atoms with van der Waals surface area (Å²) in [4.78, 5) is 24.9. The predicted molar refractivity (Wildman–Crippen MR) is 51.7 cm³/mol. The number of aliphatic carboxylic acids is 1. The SMILES string of the molecule is [C-]#[N+][C@](CC(=C)C)(CC(C)=O)C(=O)O. The highest BCUT2D eigenvalue weighted by Crippen LogP contribution is 2.25. The molecule has 0 aromatic rings. The lowest BCUT2D eigenvalue weighted by Crippen LogP contribution is -2.37. The average molecular weight is 195 g/mol. The van der Waals surface area contributed by atoms with Gasteiger partial charge in [-0.15, -0.1) is 0 Å². The van der Waals surface area contributed by atoms with Crippen LogP contribution in [0.1, 0.15) is 26.7 Å². The zero-order chi connectivity index (χ0) is 11.4. The van der Waals surface area contributed by atoms with Crippen molar-refractivity contribution < 1.29 is 14.7 Å². The van der Waals surface area contributed by atoms with Crippen molar-refractivity contribution in [3.63, 3.8) is 0 Å².